The van der Waals surface area contributed by atoms with Gasteiger partial charge in [-0.2, -0.15) is 0 Å². The molecule has 1 heterocycles. The van der Waals surface area contributed by atoms with Gasteiger partial charge in [0.1, 0.15) is 15.6 Å². The van der Waals surface area contributed by atoms with Gasteiger partial charge in [-0.1, -0.05) is 12.1 Å². The van der Waals surface area contributed by atoms with Gasteiger partial charge >= 0.3 is 11.9 Å². The van der Waals surface area contributed by atoms with E-state index in [1.165, 1.54) is 0 Å². The predicted molar refractivity (Wildman–Crippen MR) is 120 cm³/mol. The van der Waals surface area contributed by atoms with Crippen LogP contribution in [0.25, 0.3) is 0 Å². The summed E-state index contributed by atoms with van der Waals surface area (Å²) in [6.07, 6.45) is 0.0983. The molecule has 0 spiro atoms. The van der Waals surface area contributed by atoms with E-state index in [9.17, 15) is 14.4 Å². The number of ether oxygens (including phenoxy) is 3. The number of aryl methyl sites for hydroxylation is 1. The minimum absolute atomic E-state index is 0.187. The molecule has 0 saturated carbocycles. The van der Waals surface area contributed by atoms with Gasteiger partial charge in [0, 0.05) is 6.42 Å². The lowest BCUT2D eigenvalue weighted by Crippen LogP contribution is -2.17. The van der Waals surface area contributed by atoms with E-state index in [-0.39, 0.29) is 35.0 Å². The molecule has 0 fully saturated rings. The topological polar surface area (TPSA) is 90.9 Å². The van der Waals surface area contributed by atoms with Crippen molar-refractivity contribution in [2.24, 2.45) is 0 Å². The molecule has 0 saturated heterocycles. The van der Waals surface area contributed by atoms with Crippen LogP contribution in [0.3, 0.4) is 0 Å². The summed E-state index contributed by atoms with van der Waals surface area (Å²) >= 11 is 1.02. The number of hydrogen-bond acceptors (Lipinski definition) is 7. The van der Waals surface area contributed by atoms with Crippen LogP contribution in [-0.2, 0) is 20.7 Å². The molecule has 0 bridgehead atoms. The Morgan fingerprint density at radius 3 is 2.10 bits per heavy atom. The second kappa shape index (κ2) is 10.9. The molecule has 2 aromatic rings. The molecule has 168 valence electrons. The standard InChI is InChI=1S/C23H29NO6S/c1-13(2)29-22(26)19-15(5)20(23(27)30-14(3)4)31-21(19)24-18(25)12-9-16-7-10-17(28-6)11-8-16/h7-8,10-11,13-14H,9,12H2,1-6H3,(H,24,25). The highest BCUT2D eigenvalue weighted by molar-refractivity contribution is 7.18. The summed E-state index contributed by atoms with van der Waals surface area (Å²) in [6.45, 7) is 8.62. The number of methoxy groups -OCH3 is 1. The highest BCUT2D eigenvalue weighted by Gasteiger charge is 2.28. The predicted octanol–water partition coefficient (Wildman–Crippen LogP) is 4.77. The molecule has 1 amide bonds. The van der Waals surface area contributed by atoms with Crippen molar-refractivity contribution in [1.82, 2.24) is 0 Å². The fraction of sp³-hybridized carbons (Fsp3) is 0.435. The van der Waals surface area contributed by atoms with Crippen molar-refractivity contribution in [2.75, 3.05) is 12.4 Å². The van der Waals surface area contributed by atoms with E-state index < -0.39 is 11.9 Å². The molecular formula is C23H29NO6S. The summed E-state index contributed by atoms with van der Waals surface area (Å²) in [5, 5.41) is 3.06. The summed E-state index contributed by atoms with van der Waals surface area (Å²) in [5.74, 6) is -0.636. The number of rotatable bonds is 9. The molecule has 0 radical (unpaired) electrons. The molecule has 1 N–H and O–H groups in total. The van der Waals surface area contributed by atoms with Crippen molar-refractivity contribution < 1.29 is 28.6 Å². The molecule has 0 unspecified atom stereocenters. The Morgan fingerprint density at radius 1 is 0.968 bits per heavy atom. The lowest BCUT2D eigenvalue weighted by Gasteiger charge is -2.10. The van der Waals surface area contributed by atoms with Gasteiger partial charge in [-0.25, -0.2) is 9.59 Å². The van der Waals surface area contributed by atoms with Crippen LogP contribution in [0, 0.1) is 6.92 Å². The van der Waals surface area contributed by atoms with Crippen LogP contribution in [0.4, 0.5) is 5.00 Å². The van der Waals surface area contributed by atoms with Gasteiger partial charge in [0.25, 0.3) is 0 Å². The number of nitrogens with one attached hydrogen (secondary N) is 1. The molecule has 0 atom stereocenters. The highest BCUT2D eigenvalue weighted by atomic mass is 32.1. The zero-order valence-electron chi connectivity index (χ0n) is 18.7. The first kappa shape index (κ1) is 24.4. The number of thiophene rings is 1. The van der Waals surface area contributed by atoms with Crippen LogP contribution in [0.15, 0.2) is 24.3 Å². The van der Waals surface area contributed by atoms with Crippen LogP contribution in [0.2, 0.25) is 0 Å². The van der Waals surface area contributed by atoms with Gasteiger partial charge in [0.15, 0.2) is 0 Å². The van der Waals surface area contributed by atoms with E-state index >= 15 is 0 Å². The lowest BCUT2D eigenvalue weighted by molar-refractivity contribution is -0.116. The maximum absolute atomic E-state index is 12.6. The monoisotopic (exact) mass is 447 g/mol. The van der Waals surface area contributed by atoms with Crippen molar-refractivity contribution in [3.8, 4) is 5.75 Å². The number of esters is 2. The van der Waals surface area contributed by atoms with Gasteiger partial charge in [-0.15, -0.1) is 11.3 Å². The van der Waals surface area contributed by atoms with Crippen molar-refractivity contribution in [3.05, 3.63) is 45.8 Å². The summed E-state index contributed by atoms with van der Waals surface area (Å²) in [7, 11) is 1.60. The largest absolute Gasteiger partial charge is 0.497 e. The average molecular weight is 448 g/mol. The Morgan fingerprint density at radius 2 is 1.55 bits per heavy atom. The zero-order chi connectivity index (χ0) is 23.1. The summed E-state index contributed by atoms with van der Waals surface area (Å²) in [4.78, 5) is 37.9. The van der Waals surface area contributed by atoms with E-state index in [0.29, 0.717) is 17.0 Å². The molecule has 1 aromatic carbocycles. The van der Waals surface area contributed by atoms with Crippen molar-refractivity contribution in [3.63, 3.8) is 0 Å². The van der Waals surface area contributed by atoms with Gasteiger partial charge < -0.3 is 19.5 Å². The molecule has 7 nitrogen and oxygen atoms in total. The number of hydrogen-bond donors (Lipinski definition) is 1. The first-order valence-electron chi connectivity index (χ1n) is 10.1. The van der Waals surface area contributed by atoms with Crippen LogP contribution in [0.1, 0.15) is 65.3 Å². The van der Waals surface area contributed by atoms with E-state index in [0.717, 1.165) is 22.6 Å². The number of amides is 1. The SMILES string of the molecule is COc1ccc(CCC(=O)Nc2sc(C(=O)OC(C)C)c(C)c2C(=O)OC(C)C)cc1. The highest BCUT2D eigenvalue weighted by Crippen LogP contribution is 2.35. The van der Waals surface area contributed by atoms with E-state index in [4.69, 9.17) is 14.2 Å². The zero-order valence-corrected chi connectivity index (χ0v) is 19.6. The second-order valence-electron chi connectivity index (χ2n) is 7.56. The van der Waals surface area contributed by atoms with E-state index in [2.05, 4.69) is 5.32 Å². The maximum atomic E-state index is 12.6. The van der Waals surface area contributed by atoms with Crippen molar-refractivity contribution in [1.29, 1.82) is 0 Å². The van der Waals surface area contributed by atoms with E-state index in [1.807, 2.05) is 24.3 Å². The van der Waals surface area contributed by atoms with Crippen LogP contribution >= 0.6 is 11.3 Å². The fourth-order valence-electron chi connectivity index (χ4n) is 2.82. The van der Waals surface area contributed by atoms with Gasteiger partial charge in [-0.3, -0.25) is 4.79 Å². The van der Waals surface area contributed by atoms with Crippen LogP contribution in [0.5, 0.6) is 5.75 Å². The Bertz CT molecular complexity index is 930. The fourth-order valence-corrected chi connectivity index (χ4v) is 3.92. The van der Waals surface area contributed by atoms with Crippen LogP contribution in [-0.4, -0.2) is 37.2 Å². The van der Waals surface area contributed by atoms with Gasteiger partial charge in [0.2, 0.25) is 5.91 Å². The number of benzene rings is 1. The Hall–Kier alpha value is -2.87. The third-order valence-corrected chi connectivity index (χ3v) is 5.46. The maximum Gasteiger partial charge on any atom is 0.348 e. The third kappa shape index (κ3) is 6.82. The molecule has 0 aliphatic heterocycles. The first-order valence-corrected chi connectivity index (χ1v) is 10.9. The molecule has 8 heteroatoms. The normalized spacial score (nSPS) is 10.8. The second-order valence-corrected chi connectivity index (χ2v) is 8.59. The molecule has 31 heavy (non-hydrogen) atoms. The number of carbonyl (C=O) groups excluding carboxylic acids is 3. The number of anilines is 1. The van der Waals surface area contributed by atoms with E-state index in [1.54, 1.807) is 41.7 Å². The minimum atomic E-state index is -0.585. The first-order chi connectivity index (χ1) is 14.6. The van der Waals surface area contributed by atoms with Crippen LogP contribution < -0.4 is 10.1 Å². The molecule has 2 rings (SSSR count). The summed E-state index contributed by atoms with van der Waals surface area (Å²) in [5.41, 5.74) is 1.61. The smallest absolute Gasteiger partial charge is 0.348 e. The minimum Gasteiger partial charge on any atom is -0.497 e. The average Bonchev–Trinajstić information content (AvgIpc) is 3.01. The third-order valence-electron chi connectivity index (χ3n) is 4.27. The van der Waals surface area contributed by atoms with Gasteiger partial charge in [0.05, 0.1) is 24.9 Å². The lowest BCUT2D eigenvalue weighted by atomic mass is 10.1. The molecule has 0 aliphatic rings. The summed E-state index contributed by atoms with van der Waals surface area (Å²) in [6, 6.07) is 7.46. The molecular weight excluding hydrogens is 418 g/mol. The Kier molecular flexibility index (Phi) is 8.62. The molecule has 1 aromatic heterocycles. The Labute approximate surface area is 186 Å². The summed E-state index contributed by atoms with van der Waals surface area (Å²) < 4.78 is 15.7. The molecule has 0 aliphatic carbocycles. The van der Waals surface area contributed by atoms with Gasteiger partial charge in [-0.05, 0) is 64.3 Å². The Balaban J connectivity index is 2.20. The number of carbonyl (C=O) groups is 3. The van der Waals surface area contributed by atoms with Crippen molar-refractivity contribution >= 4 is 34.2 Å². The van der Waals surface area contributed by atoms with Crippen molar-refractivity contribution in [2.45, 2.75) is 59.7 Å². The quantitative estimate of drug-likeness (QED) is 0.557.